The highest BCUT2D eigenvalue weighted by molar-refractivity contribution is 5.74. The Hall–Kier alpha value is -0.530. The van der Waals surface area contributed by atoms with Gasteiger partial charge in [0.25, 0.3) is 0 Å². The molecule has 1 saturated heterocycles. The number of ether oxygens (including phenoxy) is 1. The van der Waals surface area contributed by atoms with Gasteiger partial charge in [-0.3, -0.25) is 4.79 Å². The summed E-state index contributed by atoms with van der Waals surface area (Å²) >= 11 is 0. The highest BCUT2D eigenvalue weighted by atomic mass is 16.6. The van der Waals surface area contributed by atoms with Crippen LogP contribution in [-0.4, -0.2) is 12.1 Å². The molecule has 0 aromatic rings. The van der Waals surface area contributed by atoms with E-state index < -0.39 is 0 Å². The van der Waals surface area contributed by atoms with Crippen LogP contribution in [-0.2, 0) is 9.53 Å². The minimum Gasteiger partial charge on any atom is -0.462 e. The van der Waals surface area contributed by atoms with Crippen LogP contribution in [0.3, 0.4) is 0 Å². The van der Waals surface area contributed by atoms with E-state index in [1.807, 2.05) is 6.92 Å². The quantitative estimate of drug-likeness (QED) is 0.514. The molecule has 1 heterocycles. The van der Waals surface area contributed by atoms with Crippen molar-refractivity contribution in [2.45, 2.75) is 32.3 Å². The Bertz CT molecular complexity index is 161. The Kier molecular flexibility index (Phi) is 1.22. The van der Waals surface area contributed by atoms with Gasteiger partial charge in [0.05, 0.1) is 5.92 Å². The topological polar surface area (TPSA) is 26.3 Å². The van der Waals surface area contributed by atoms with Gasteiger partial charge in [0.15, 0.2) is 0 Å². The van der Waals surface area contributed by atoms with Crippen LogP contribution in [0, 0.1) is 11.8 Å². The van der Waals surface area contributed by atoms with E-state index in [2.05, 4.69) is 0 Å². The van der Waals surface area contributed by atoms with Crippen LogP contribution in [0.4, 0.5) is 0 Å². The van der Waals surface area contributed by atoms with Crippen molar-refractivity contribution < 1.29 is 9.53 Å². The van der Waals surface area contributed by atoms with E-state index in [-0.39, 0.29) is 18.0 Å². The van der Waals surface area contributed by atoms with Gasteiger partial charge in [0, 0.05) is 0 Å². The van der Waals surface area contributed by atoms with Gasteiger partial charge in [0.2, 0.25) is 0 Å². The third-order valence-electron chi connectivity index (χ3n) is 2.40. The summed E-state index contributed by atoms with van der Waals surface area (Å²) in [6.45, 7) is 1.95. The molecule has 0 aromatic heterocycles. The summed E-state index contributed by atoms with van der Waals surface area (Å²) in [5.74, 6) is 0.886. The second-order valence-electron chi connectivity index (χ2n) is 3.45. The fourth-order valence-electron chi connectivity index (χ4n) is 1.51. The van der Waals surface area contributed by atoms with Gasteiger partial charge in [-0.15, -0.1) is 0 Å². The third-order valence-corrected chi connectivity index (χ3v) is 2.40. The molecule has 2 atom stereocenters. The molecule has 2 nitrogen and oxygen atoms in total. The maximum Gasteiger partial charge on any atom is 0.309 e. The Morgan fingerprint density at radius 2 is 2.20 bits per heavy atom. The summed E-state index contributed by atoms with van der Waals surface area (Å²) in [6.07, 6.45) is 3.78. The highest BCUT2D eigenvalue weighted by Crippen LogP contribution is 2.40. The summed E-state index contributed by atoms with van der Waals surface area (Å²) in [4.78, 5) is 10.9. The predicted octanol–water partition coefficient (Wildman–Crippen LogP) is 1.35. The average Bonchev–Trinajstić information content (AvgIpc) is 2.64. The van der Waals surface area contributed by atoms with Crippen LogP contribution in [0.25, 0.3) is 0 Å². The third kappa shape index (κ3) is 0.917. The van der Waals surface area contributed by atoms with Crippen molar-refractivity contribution in [2.75, 3.05) is 0 Å². The second kappa shape index (κ2) is 1.97. The minimum absolute atomic E-state index is 0.0110. The number of carbonyl (C=O) groups is 1. The lowest BCUT2D eigenvalue weighted by Gasteiger charge is -2.04. The smallest absolute Gasteiger partial charge is 0.309 e. The van der Waals surface area contributed by atoms with E-state index >= 15 is 0 Å². The average molecular weight is 140 g/mol. The van der Waals surface area contributed by atoms with E-state index in [1.54, 1.807) is 0 Å². The molecule has 2 unspecified atom stereocenters. The normalized spacial score (nSPS) is 39.9. The van der Waals surface area contributed by atoms with Crippen LogP contribution in [0.5, 0.6) is 0 Å². The van der Waals surface area contributed by atoms with Crippen molar-refractivity contribution in [3.63, 3.8) is 0 Å². The summed E-state index contributed by atoms with van der Waals surface area (Å²) < 4.78 is 5.16. The zero-order valence-electron chi connectivity index (χ0n) is 6.17. The lowest BCUT2D eigenvalue weighted by molar-refractivity contribution is -0.144. The minimum atomic E-state index is 0.0110. The summed E-state index contributed by atoms with van der Waals surface area (Å²) in [6, 6.07) is 0. The number of esters is 1. The van der Waals surface area contributed by atoms with Crippen LogP contribution in [0.1, 0.15) is 26.2 Å². The number of cyclic esters (lactones) is 1. The molecule has 0 bridgehead atoms. The van der Waals surface area contributed by atoms with Crippen LogP contribution >= 0.6 is 0 Å². The summed E-state index contributed by atoms with van der Waals surface area (Å²) in [5.41, 5.74) is 0. The Labute approximate surface area is 60.6 Å². The van der Waals surface area contributed by atoms with E-state index in [0.717, 1.165) is 6.42 Å². The molecule has 0 amide bonds. The Balaban J connectivity index is 1.97. The molecular weight excluding hydrogens is 128 g/mol. The van der Waals surface area contributed by atoms with Gasteiger partial charge < -0.3 is 4.74 Å². The molecule has 1 saturated carbocycles. The van der Waals surface area contributed by atoms with Crippen molar-refractivity contribution in [3.05, 3.63) is 0 Å². The van der Waals surface area contributed by atoms with Crippen LogP contribution in [0.15, 0.2) is 0 Å². The first-order chi connectivity index (χ1) is 4.77. The molecule has 2 rings (SSSR count). The van der Waals surface area contributed by atoms with Crippen molar-refractivity contribution in [3.8, 4) is 0 Å². The molecule has 1 aliphatic heterocycles. The fourth-order valence-corrected chi connectivity index (χ4v) is 1.51. The summed E-state index contributed by atoms with van der Waals surface area (Å²) in [7, 11) is 0. The molecule has 56 valence electrons. The van der Waals surface area contributed by atoms with Gasteiger partial charge in [0.1, 0.15) is 6.10 Å². The van der Waals surface area contributed by atoms with Gasteiger partial charge in [-0.25, -0.2) is 0 Å². The van der Waals surface area contributed by atoms with Gasteiger partial charge in [-0.2, -0.15) is 0 Å². The molecule has 0 N–H and O–H groups in total. The monoisotopic (exact) mass is 140 g/mol. The first-order valence-electron chi connectivity index (χ1n) is 3.98. The zero-order valence-corrected chi connectivity index (χ0v) is 6.17. The van der Waals surface area contributed by atoms with Gasteiger partial charge in [-0.1, -0.05) is 6.92 Å². The maximum absolute atomic E-state index is 10.9. The van der Waals surface area contributed by atoms with E-state index in [0.29, 0.717) is 5.92 Å². The first kappa shape index (κ1) is 6.20. The van der Waals surface area contributed by atoms with Crippen molar-refractivity contribution in [1.29, 1.82) is 0 Å². The molecule has 1 aliphatic carbocycles. The molecule has 0 aromatic carbocycles. The van der Waals surface area contributed by atoms with E-state index in [9.17, 15) is 4.79 Å². The number of hydrogen-bond acceptors (Lipinski definition) is 2. The zero-order chi connectivity index (χ0) is 7.14. The van der Waals surface area contributed by atoms with E-state index in [1.165, 1.54) is 12.8 Å². The molecule has 2 fully saturated rings. The van der Waals surface area contributed by atoms with Crippen molar-refractivity contribution >= 4 is 5.97 Å². The van der Waals surface area contributed by atoms with Crippen LogP contribution < -0.4 is 0 Å². The standard InChI is InChI=1S/C8H12O2/c1-5-4-7(6-2-3-6)10-8(5)9/h5-7H,2-4H2,1H3. The number of hydrogen-bond donors (Lipinski definition) is 0. The highest BCUT2D eigenvalue weighted by Gasteiger charge is 2.41. The second-order valence-corrected chi connectivity index (χ2v) is 3.45. The number of rotatable bonds is 1. The first-order valence-corrected chi connectivity index (χ1v) is 3.98. The SMILES string of the molecule is CC1CC(C2CC2)OC1=O. The Morgan fingerprint density at radius 1 is 1.50 bits per heavy atom. The predicted molar refractivity (Wildman–Crippen MR) is 36.4 cm³/mol. The maximum atomic E-state index is 10.9. The molecular formula is C8H12O2. The van der Waals surface area contributed by atoms with Crippen LogP contribution in [0.2, 0.25) is 0 Å². The van der Waals surface area contributed by atoms with Crippen molar-refractivity contribution in [2.24, 2.45) is 11.8 Å². The molecule has 10 heavy (non-hydrogen) atoms. The lowest BCUT2D eigenvalue weighted by atomic mass is 10.1. The van der Waals surface area contributed by atoms with Gasteiger partial charge in [-0.05, 0) is 25.2 Å². The van der Waals surface area contributed by atoms with Gasteiger partial charge >= 0.3 is 5.97 Å². The van der Waals surface area contributed by atoms with E-state index in [4.69, 9.17) is 4.74 Å². The summed E-state index contributed by atoms with van der Waals surface area (Å²) in [5, 5.41) is 0. The largest absolute Gasteiger partial charge is 0.462 e. The molecule has 2 heteroatoms. The molecule has 2 aliphatic rings. The molecule has 0 spiro atoms. The molecule has 0 radical (unpaired) electrons. The Morgan fingerprint density at radius 3 is 2.60 bits per heavy atom. The lowest BCUT2D eigenvalue weighted by Crippen LogP contribution is -2.08. The van der Waals surface area contributed by atoms with Crippen molar-refractivity contribution in [1.82, 2.24) is 0 Å². The number of carbonyl (C=O) groups excluding carboxylic acids is 1. The fraction of sp³-hybridized carbons (Fsp3) is 0.875.